The molecule has 3 aromatic rings. The van der Waals surface area contributed by atoms with Gasteiger partial charge in [0, 0.05) is 11.6 Å². The largest absolute Gasteiger partial charge is 0.395 e. The average molecular weight is 436 g/mol. The van der Waals surface area contributed by atoms with E-state index in [2.05, 4.69) is 15.6 Å². The fraction of sp³-hybridized carbons (Fsp3) is 0.292. The number of halogens is 1. The van der Waals surface area contributed by atoms with Crippen LogP contribution in [0.15, 0.2) is 66.9 Å². The van der Waals surface area contributed by atoms with Crippen molar-refractivity contribution in [1.82, 2.24) is 14.9 Å². The van der Waals surface area contributed by atoms with Gasteiger partial charge in [0.2, 0.25) is 5.91 Å². The number of anilines is 3. The van der Waals surface area contributed by atoms with Crippen LogP contribution in [0.4, 0.5) is 21.7 Å². The quantitative estimate of drug-likeness (QED) is 0.528. The zero-order valence-corrected chi connectivity index (χ0v) is 17.7. The fourth-order valence-corrected chi connectivity index (χ4v) is 3.96. The predicted molar refractivity (Wildman–Crippen MR) is 121 cm³/mol. The molecule has 0 saturated carbocycles. The molecule has 32 heavy (non-hydrogen) atoms. The summed E-state index contributed by atoms with van der Waals surface area (Å²) in [5.41, 5.74) is 0.525. The molecule has 3 N–H and O–H groups in total. The number of pyridine rings is 2. The minimum atomic E-state index is -0.472. The van der Waals surface area contributed by atoms with E-state index in [1.165, 1.54) is 12.1 Å². The van der Waals surface area contributed by atoms with Crippen LogP contribution in [-0.2, 0) is 10.2 Å². The van der Waals surface area contributed by atoms with Crippen molar-refractivity contribution in [3.05, 3.63) is 78.4 Å². The van der Waals surface area contributed by atoms with Gasteiger partial charge in [-0.15, -0.1) is 0 Å². The number of hydrogen-bond acceptors (Lipinski definition) is 6. The lowest BCUT2D eigenvalue weighted by atomic mass is 9.76. The normalized spacial score (nSPS) is 15.8. The number of aromatic nitrogens is 2. The molecule has 0 radical (unpaired) electrons. The number of carbonyl (C=O) groups is 1. The Bertz CT molecular complexity index is 1060. The summed E-state index contributed by atoms with van der Waals surface area (Å²) in [7, 11) is 0. The number of likely N-dealkylation sites (tertiary alicyclic amines) is 1. The molecule has 7 nitrogen and oxygen atoms in total. The van der Waals surface area contributed by atoms with E-state index in [4.69, 9.17) is 4.98 Å². The Labute approximate surface area is 186 Å². The van der Waals surface area contributed by atoms with Gasteiger partial charge in [0.05, 0.1) is 24.5 Å². The highest BCUT2D eigenvalue weighted by Gasteiger charge is 2.37. The Morgan fingerprint density at radius 1 is 1.03 bits per heavy atom. The van der Waals surface area contributed by atoms with Crippen LogP contribution in [0.2, 0.25) is 0 Å². The minimum Gasteiger partial charge on any atom is -0.395 e. The molecule has 3 heterocycles. The lowest BCUT2D eigenvalue weighted by Crippen LogP contribution is -2.47. The Hall–Kier alpha value is -3.36. The van der Waals surface area contributed by atoms with E-state index in [1.54, 1.807) is 18.3 Å². The maximum Gasteiger partial charge on any atom is 0.238 e. The maximum absolute atomic E-state index is 13.8. The smallest absolute Gasteiger partial charge is 0.238 e. The summed E-state index contributed by atoms with van der Waals surface area (Å²) < 4.78 is 13.8. The summed E-state index contributed by atoms with van der Waals surface area (Å²) in [6.45, 7) is 1.41. The Morgan fingerprint density at radius 2 is 1.78 bits per heavy atom. The lowest BCUT2D eigenvalue weighted by molar-refractivity contribution is -0.117. The van der Waals surface area contributed by atoms with Gasteiger partial charge in [0.25, 0.3) is 0 Å². The summed E-state index contributed by atoms with van der Waals surface area (Å²) >= 11 is 0. The van der Waals surface area contributed by atoms with Crippen LogP contribution < -0.4 is 10.6 Å². The van der Waals surface area contributed by atoms with Gasteiger partial charge >= 0.3 is 0 Å². The highest BCUT2D eigenvalue weighted by molar-refractivity contribution is 5.92. The summed E-state index contributed by atoms with van der Waals surface area (Å²) in [4.78, 5) is 23.4. The molecule has 166 valence electrons. The second-order valence-corrected chi connectivity index (χ2v) is 7.99. The van der Waals surface area contributed by atoms with E-state index in [1.807, 2.05) is 41.3 Å². The number of amides is 1. The molecule has 0 spiro atoms. The first-order valence-electron chi connectivity index (χ1n) is 10.6. The van der Waals surface area contributed by atoms with Crippen LogP contribution in [0.3, 0.4) is 0 Å². The summed E-state index contributed by atoms with van der Waals surface area (Å²) in [5, 5.41) is 16.1. The van der Waals surface area contributed by atoms with E-state index in [0.717, 1.165) is 5.69 Å². The summed E-state index contributed by atoms with van der Waals surface area (Å²) in [6.07, 6.45) is 3.03. The van der Waals surface area contributed by atoms with Gasteiger partial charge in [-0.2, -0.15) is 0 Å². The van der Waals surface area contributed by atoms with Crippen LogP contribution in [0.5, 0.6) is 0 Å². The third-order valence-electron chi connectivity index (χ3n) is 5.84. The SMILES string of the molecule is O=C(CN1CCC(CO)(c2cccc(Nc3ccccn3)n2)CC1)Nc1ccccc1F. The number of aliphatic hydroxyl groups is 1. The van der Waals surface area contributed by atoms with Gasteiger partial charge in [-0.05, 0) is 62.3 Å². The fourth-order valence-electron chi connectivity index (χ4n) is 3.96. The van der Waals surface area contributed by atoms with Crippen molar-refractivity contribution < 1.29 is 14.3 Å². The first-order chi connectivity index (χ1) is 15.6. The Kier molecular flexibility index (Phi) is 6.72. The molecule has 1 amide bonds. The Morgan fingerprint density at radius 3 is 2.50 bits per heavy atom. The van der Waals surface area contributed by atoms with Gasteiger partial charge in [-0.3, -0.25) is 9.69 Å². The number of rotatable bonds is 7. The number of piperidine rings is 1. The van der Waals surface area contributed by atoms with Crippen molar-refractivity contribution in [2.75, 3.05) is 36.9 Å². The first kappa shape index (κ1) is 21.9. The van der Waals surface area contributed by atoms with E-state index < -0.39 is 11.2 Å². The zero-order chi connectivity index (χ0) is 22.4. The minimum absolute atomic E-state index is 0.0255. The van der Waals surface area contributed by atoms with E-state index in [9.17, 15) is 14.3 Å². The maximum atomic E-state index is 13.8. The average Bonchev–Trinajstić information content (AvgIpc) is 2.82. The van der Waals surface area contributed by atoms with Crippen molar-refractivity contribution in [1.29, 1.82) is 0 Å². The van der Waals surface area contributed by atoms with E-state index >= 15 is 0 Å². The number of hydrogen-bond donors (Lipinski definition) is 3. The van der Waals surface area contributed by atoms with Crippen molar-refractivity contribution in [2.24, 2.45) is 0 Å². The standard InChI is InChI=1S/C24H26FN5O2/c25-18-6-1-2-7-19(18)27-23(32)16-30-14-11-24(17-31,12-15-30)20-8-5-10-22(28-20)29-21-9-3-4-13-26-21/h1-10,13,31H,11-12,14-17H2,(H,27,32)(H,26,28,29). The molecule has 0 unspecified atom stereocenters. The highest BCUT2D eigenvalue weighted by atomic mass is 19.1. The number of para-hydroxylation sites is 1. The molecule has 0 bridgehead atoms. The van der Waals surface area contributed by atoms with Crippen molar-refractivity contribution in [3.8, 4) is 0 Å². The number of carbonyl (C=O) groups excluding carboxylic acids is 1. The number of nitrogens with one attached hydrogen (secondary N) is 2. The first-order valence-corrected chi connectivity index (χ1v) is 10.6. The van der Waals surface area contributed by atoms with E-state index in [-0.39, 0.29) is 24.7 Å². The van der Waals surface area contributed by atoms with Crippen molar-refractivity contribution >= 4 is 23.2 Å². The van der Waals surface area contributed by atoms with Gasteiger partial charge in [0.15, 0.2) is 0 Å². The highest BCUT2D eigenvalue weighted by Crippen LogP contribution is 2.34. The number of nitrogens with zero attached hydrogens (tertiary/aromatic N) is 3. The van der Waals surface area contributed by atoms with Crippen LogP contribution in [-0.4, -0.2) is 52.1 Å². The predicted octanol–water partition coefficient (Wildman–Crippen LogP) is 3.32. The second-order valence-electron chi connectivity index (χ2n) is 7.99. The molecular formula is C24H26FN5O2. The molecular weight excluding hydrogens is 409 g/mol. The molecule has 0 atom stereocenters. The molecule has 1 fully saturated rings. The second kappa shape index (κ2) is 9.84. The molecule has 2 aromatic heterocycles. The number of benzene rings is 1. The third-order valence-corrected chi connectivity index (χ3v) is 5.84. The molecule has 0 aliphatic carbocycles. The van der Waals surface area contributed by atoms with Gasteiger partial charge in [0.1, 0.15) is 17.5 Å². The zero-order valence-electron chi connectivity index (χ0n) is 17.7. The van der Waals surface area contributed by atoms with Crippen molar-refractivity contribution in [3.63, 3.8) is 0 Å². The summed E-state index contributed by atoms with van der Waals surface area (Å²) in [6, 6.07) is 17.4. The molecule has 1 saturated heterocycles. The molecule has 1 aliphatic heterocycles. The van der Waals surface area contributed by atoms with Gasteiger partial charge in [-0.1, -0.05) is 24.3 Å². The number of aliphatic hydroxyl groups excluding tert-OH is 1. The van der Waals surface area contributed by atoms with Crippen LogP contribution in [0, 0.1) is 5.82 Å². The van der Waals surface area contributed by atoms with Crippen LogP contribution in [0.25, 0.3) is 0 Å². The molecule has 8 heteroatoms. The summed E-state index contributed by atoms with van der Waals surface area (Å²) in [5.74, 6) is 0.655. The van der Waals surface area contributed by atoms with E-state index in [0.29, 0.717) is 37.6 Å². The topological polar surface area (TPSA) is 90.4 Å². The third kappa shape index (κ3) is 5.09. The molecule has 4 rings (SSSR count). The Balaban J connectivity index is 1.38. The molecule has 1 aliphatic rings. The monoisotopic (exact) mass is 435 g/mol. The van der Waals surface area contributed by atoms with Gasteiger partial charge in [-0.25, -0.2) is 14.4 Å². The van der Waals surface area contributed by atoms with Gasteiger partial charge < -0.3 is 15.7 Å². The van der Waals surface area contributed by atoms with Crippen LogP contribution in [0.1, 0.15) is 18.5 Å². The lowest BCUT2D eigenvalue weighted by Gasteiger charge is -2.40. The van der Waals surface area contributed by atoms with Crippen LogP contribution >= 0.6 is 0 Å². The van der Waals surface area contributed by atoms with Crippen molar-refractivity contribution in [2.45, 2.75) is 18.3 Å². The molecule has 1 aromatic carbocycles.